The van der Waals surface area contributed by atoms with Crippen LogP contribution in [0.2, 0.25) is 0 Å². The zero-order chi connectivity index (χ0) is 14.8. The fourth-order valence-corrected chi connectivity index (χ4v) is 2.01. The molecule has 5 heteroatoms. The molecule has 1 aromatic rings. The predicted molar refractivity (Wildman–Crippen MR) is 84.5 cm³/mol. The van der Waals surface area contributed by atoms with E-state index in [1.807, 2.05) is 7.05 Å². The number of anilines is 2. The van der Waals surface area contributed by atoms with Gasteiger partial charge in [-0.2, -0.15) is 0 Å². The van der Waals surface area contributed by atoms with E-state index in [0.717, 1.165) is 49.8 Å². The van der Waals surface area contributed by atoms with Gasteiger partial charge in [0.1, 0.15) is 18.0 Å². The SMILES string of the molecule is CCCCOCCCNc1ncnc(NC)c1C(C)C. The first kappa shape index (κ1) is 16.7. The Morgan fingerprint density at radius 1 is 1.15 bits per heavy atom. The van der Waals surface area contributed by atoms with Crippen molar-refractivity contribution < 1.29 is 4.74 Å². The lowest BCUT2D eigenvalue weighted by Gasteiger charge is -2.16. The second-order valence-electron chi connectivity index (χ2n) is 5.14. The van der Waals surface area contributed by atoms with Crippen molar-refractivity contribution in [2.24, 2.45) is 0 Å². The summed E-state index contributed by atoms with van der Waals surface area (Å²) in [6, 6.07) is 0. The molecule has 0 radical (unpaired) electrons. The molecular weight excluding hydrogens is 252 g/mol. The minimum Gasteiger partial charge on any atom is -0.381 e. The maximum absolute atomic E-state index is 5.55. The number of hydrogen-bond acceptors (Lipinski definition) is 5. The van der Waals surface area contributed by atoms with E-state index in [1.54, 1.807) is 6.33 Å². The van der Waals surface area contributed by atoms with Gasteiger partial charge in [-0.25, -0.2) is 9.97 Å². The van der Waals surface area contributed by atoms with Gasteiger partial charge < -0.3 is 15.4 Å². The summed E-state index contributed by atoms with van der Waals surface area (Å²) in [5.41, 5.74) is 1.14. The van der Waals surface area contributed by atoms with Crippen LogP contribution in [-0.4, -0.2) is 36.8 Å². The van der Waals surface area contributed by atoms with E-state index in [-0.39, 0.29) is 0 Å². The molecule has 0 aliphatic rings. The average molecular weight is 280 g/mol. The lowest BCUT2D eigenvalue weighted by Crippen LogP contribution is -2.12. The van der Waals surface area contributed by atoms with Gasteiger partial charge in [0.15, 0.2) is 0 Å². The number of nitrogens with one attached hydrogen (secondary N) is 2. The molecule has 2 N–H and O–H groups in total. The summed E-state index contributed by atoms with van der Waals surface area (Å²) >= 11 is 0. The topological polar surface area (TPSA) is 59.1 Å². The molecule has 0 aliphatic carbocycles. The first-order valence-corrected chi connectivity index (χ1v) is 7.54. The second-order valence-corrected chi connectivity index (χ2v) is 5.14. The van der Waals surface area contributed by atoms with Crippen LogP contribution in [0.4, 0.5) is 11.6 Å². The van der Waals surface area contributed by atoms with Gasteiger partial charge in [0.05, 0.1) is 0 Å². The zero-order valence-electron chi connectivity index (χ0n) is 13.2. The van der Waals surface area contributed by atoms with E-state index in [9.17, 15) is 0 Å². The van der Waals surface area contributed by atoms with Crippen LogP contribution in [0, 0.1) is 0 Å². The second kappa shape index (κ2) is 9.53. The quantitative estimate of drug-likeness (QED) is 0.644. The molecule has 1 rings (SSSR count). The first-order chi connectivity index (χ1) is 9.70. The number of unbranched alkanes of at least 4 members (excludes halogenated alkanes) is 1. The number of hydrogen-bond donors (Lipinski definition) is 2. The van der Waals surface area contributed by atoms with E-state index in [1.165, 1.54) is 6.42 Å². The lowest BCUT2D eigenvalue weighted by atomic mass is 10.0. The molecule has 1 aromatic heterocycles. The Morgan fingerprint density at radius 2 is 1.85 bits per heavy atom. The van der Waals surface area contributed by atoms with Crippen LogP contribution in [-0.2, 0) is 4.74 Å². The molecule has 20 heavy (non-hydrogen) atoms. The molecule has 0 atom stereocenters. The third kappa shape index (κ3) is 5.33. The van der Waals surface area contributed by atoms with Gasteiger partial charge in [-0.1, -0.05) is 27.2 Å². The molecule has 0 aromatic carbocycles. The Hall–Kier alpha value is -1.36. The van der Waals surface area contributed by atoms with Crippen molar-refractivity contribution in [2.75, 3.05) is 37.4 Å². The van der Waals surface area contributed by atoms with E-state index in [2.05, 4.69) is 41.4 Å². The summed E-state index contributed by atoms with van der Waals surface area (Å²) in [6.45, 7) is 9.01. The van der Waals surface area contributed by atoms with Crippen LogP contribution in [0.3, 0.4) is 0 Å². The molecule has 1 heterocycles. The summed E-state index contributed by atoms with van der Waals surface area (Å²) < 4.78 is 5.55. The lowest BCUT2D eigenvalue weighted by molar-refractivity contribution is 0.131. The first-order valence-electron chi connectivity index (χ1n) is 7.54. The van der Waals surface area contributed by atoms with Crippen molar-refractivity contribution in [3.63, 3.8) is 0 Å². The maximum atomic E-state index is 5.55. The molecule has 0 saturated carbocycles. The smallest absolute Gasteiger partial charge is 0.134 e. The molecule has 5 nitrogen and oxygen atoms in total. The van der Waals surface area contributed by atoms with Crippen LogP contribution in [0.1, 0.15) is 51.5 Å². The average Bonchev–Trinajstić information content (AvgIpc) is 2.45. The summed E-state index contributed by atoms with van der Waals surface area (Å²) in [4.78, 5) is 8.62. The fraction of sp³-hybridized carbons (Fsp3) is 0.733. The van der Waals surface area contributed by atoms with Crippen LogP contribution in [0.25, 0.3) is 0 Å². The van der Waals surface area contributed by atoms with Crippen molar-refractivity contribution in [2.45, 2.75) is 46.0 Å². The van der Waals surface area contributed by atoms with E-state index >= 15 is 0 Å². The van der Waals surface area contributed by atoms with E-state index in [4.69, 9.17) is 4.74 Å². The minimum atomic E-state index is 0.377. The van der Waals surface area contributed by atoms with Gasteiger partial charge >= 0.3 is 0 Å². The highest BCUT2D eigenvalue weighted by atomic mass is 16.5. The monoisotopic (exact) mass is 280 g/mol. The number of ether oxygens (including phenoxy) is 1. The summed E-state index contributed by atoms with van der Waals surface area (Å²) in [5, 5.41) is 6.52. The summed E-state index contributed by atoms with van der Waals surface area (Å²) in [7, 11) is 1.89. The van der Waals surface area contributed by atoms with Crippen molar-refractivity contribution in [1.29, 1.82) is 0 Å². The van der Waals surface area contributed by atoms with Gasteiger partial charge in [0.25, 0.3) is 0 Å². The molecule has 0 aliphatic heterocycles. The Balaban J connectivity index is 2.43. The third-order valence-electron chi connectivity index (χ3n) is 3.10. The Labute approximate surface area is 122 Å². The number of nitrogens with zero attached hydrogens (tertiary/aromatic N) is 2. The van der Waals surface area contributed by atoms with Crippen LogP contribution < -0.4 is 10.6 Å². The van der Waals surface area contributed by atoms with Crippen LogP contribution >= 0.6 is 0 Å². The molecule has 0 spiro atoms. The predicted octanol–water partition coefficient (Wildman–Crippen LogP) is 3.26. The molecule has 0 saturated heterocycles. The number of aromatic nitrogens is 2. The highest BCUT2D eigenvalue weighted by Crippen LogP contribution is 2.27. The number of rotatable bonds is 10. The van der Waals surface area contributed by atoms with Gasteiger partial charge in [-0.05, 0) is 18.8 Å². The van der Waals surface area contributed by atoms with Crippen molar-refractivity contribution in [3.05, 3.63) is 11.9 Å². The third-order valence-corrected chi connectivity index (χ3v) is 3.10. The fourth-order valence-electron chi connectivity index (χ4n) is 2.01. The molecule has 0 fully saturated rings. The largest absolute Gasteiger partial charge is 0.381 e. The highest BCUT2D eigenvalue weighted by molar-refractivity contribution is 5.58. The summed E-state index contributed by atoms with van der Waals surface area (Å²) in [5.74, 6) is 2.20. The highest BCUT2D eigenvalue weighted by Gasteiger charge is 2.13. The Bertz CT molecular complexity index is 382. The molecule has 0 unspecified atom stereocenters. The Morgan fingerprint density at radius 3 is 2.50 bits per heavy atom. The van der Waals surface area contributed by atoms with Crippen molar-refractivity contribution >= 4 is 11.6 Å². The normalized spacial score (nSPS) is 10.8. The van der Waals surface area contributed by atoms with Gasteiger partial charge in [0.2, 0.25) is 0 Å². The summed E-state index contributed by atoms with van der Waals surface area (Å²) in [6.07, 6.45) is 4.91. The standard InChI is InChI=1S/C15H28N4O/c1-5-6-9-20-10-7-8-17-15-13(12(2)3)14(16-4)18-11-19-15/h11-12H,5-10H2,1-4H3,(H2,16,17,18,19). The van der Waals surface area contributed by atoms with Gasteiger partial charge in [0, 0.05) is 32.4 Å². The molecule has 114 valence electrons. The van der Waals surface area contributed by atoms with Crippen molar-refractivity contribution in [1.82, 2.24) is 9.97 Å². The molecule has 0 bridgehead atoms. The van der Waals surface area contributed by atoms with Crippen LogP contribution in [0.5, 0.6) is 0 Å². The van der Waals surface area contributed by atoms with E-state index in [0.29, 0.717) is 5.92 Å². The minimum absolute atomic E-state index is 0.377. The zero-order valence-corrected chi connectivity index (χ0v) is 13.2. The molecule has 0 amide bonds. The van der Waals surface area contributed by atoms with Crippen molar-refractivity contribution in [3.8, 4) is 0 Å². The van der Waals surface area contributed by atoms with Gasteiger partial charge in [-0.15, -0.1) is 0 Å². The van der Waals surface area contributed by atoms with Gasteiger partial charge in [-0.3, -0.25) is 0 Å². The molecular formula is C15H28N4O. The Kier molecular flexibility index (Phi) is 7.95. The maximum Gasteiger partial charge on any atom is 0.134 e. The van der Waals surface area contributed by atoms with Crippen LogP contribution in [0.15, 0.2) is 6.33 Å². The van der Waals surface area contributed by atoms with E-state index < -0.39 is 0 Å².